The van der Waals surface area contributed by atoms with Crippen LogP contribution in [0.25, 0.3) is 0 Å². The Labute approximate surface area is 171 Å². The number of carboxylic acid groups (broad SMARTS) is 1. The first-order valence-electron chi connectivity index (χ1n) is 9.05. The summed E-state index contributed by atoms with van der Waals surface area (Å²) in [6.45, 7) is 8.63. The van der Waals surface area contributed by atoms with Crippen molar-refractivity contribution >= 4 is 22.2 Å². The van der Waals surface area contributed by atoms with Gasteiger partial charge < -0.3 is 14.9 Å². The maximum absolute atomic E-state index is 11.9. The second kappa shape index (κ2) is 8.75. The van der Waals surface area contributed by atoms with Gasteiger partial charge in [0.05, 0.1) is 5.56 Å². The highest BCUT2D eigenvalue weighted by atomic mass is 32.2. The third-order valence-electron chi connectivity index (χ3n) is 4.53. The van der Waals surface area contributed by atoms with E-state index < -0.39 is 22.1 Å². The Kier molecular flexibility index (Phi) is 6.81. The first kappa shape index (κ1) is 22.6. The molecule has 29 heavy (non-hydrogen) atoms. The largest absolute Gasteiger partial charge is 0.482 e. The van der Waals surface area contributed by atoms with Crippen molar-refractivity contribution in [1.82, 2.24) is 0 Å². The van der Waals surface area contributed by atoms with Crippen molar-refractivity contribution in [1.29, 1.82) is 0 Å². The number of carboxylic acids is 1. The highest BCUT2D eigenvalue weighted by Gasteiger charge is 2.28. The molecule has 0 saturated heterocycles. The van der Waals surface area contributed by atoms with Gasteiger partial charge in [0.25, 0.3) is 5.69 Å². The van der Waals surface area contributed by atoms with Crippen LogP contribution in [0.5, 0.6) is 5.75 Å². The van der Waals surface area contributed by atoms with Crippen LogP contribution in [-0.2, 0) is 17.1 Å². The monoisotopic (exact) mass is 420 g/mol. The second-order valence-corrected chi connectivity index (χ2v) is 8.58. The van der Waals surface area contributed by atoms with Crippen molar-refractivity contribution in [2.45, 2.75) is 46.8 Å². The lowest BCUT2D eigenvalue weighted by molar-refractivity contribution is -0.438. The minimum Gasteiger partial charge on any atom is -0.482 e. The summed E-state index contributed by atoms with van der Waals surface area (Å²) in [5, 5.41) is 19.2. The van der Waals surface area contributed by atoms with Crippen LogP contribution in [0, 0.1) is 20.8 Å². The van der Waals surface area contributed by atoms with Gasteiger partial charge in [0.1, 0.15) is 12.2 Å². The molecular formula is C21H26NO6S+. The number of ether oxygens (including phenoxy) is 1. The van der Waals surface area contributed by atoms with Gasteiger partial charge in [-0.2, -0.15) is 0 Å². The van der Waals surface area contributed by atoms with E-state index in [-0.39, 0.29) is 18.7 Å². The van der Waals surface area contributed by atoms with Gasteiger partial charge >= 0.3 is 16.5 Å². The van der Waals surface area contributed by atoms with E-state index in [1.165, 1.54) is 19.9 Å². The van der Waals surface area contributed by atoms with Crippen molar-refractivity contribution in [3.63, 3.8) is 0 Å². The van der Waals surface area contributed by atoms with E-state index in [0.29, 0.717) is 11.4 Å². The molecule has 0 atom stereocenters. The molecule has 0 bridgehead atoms. The van der Waals surface area contributed by atoms with Gasteiger partial charge in [0, 0.05) is 6.07 Å². The number of nitrogens with zero attached hydrogens (tertiary/aromatic N) is 1. The highest BCUT2D eigenvalue weighted by molar-refractivity contribution is 7.59. The number of hydrogen-bond donors (Lipinski definition) is 2. The zero-order valence-electron chi connectivity index (χ0n) is 17.2. The topological polar surface area (TPSA) is 104 Å². The molecule has 0 aromatic heterocycles. The zero-order chi connectivity index (χ0) is 21.9. The molecular weight excluding hydrogens is 394 g/mol. The minimum absolute atomic E-state index is 0.131. The number of aryl methyl sites for hydroxylation is 3. The fourth-order valence-corrected chi connectivity index (χ4v) is 3.53. The lowest BCUT2D eigenvalue weighted by atomic mass is 10.1. The summed E-state index contributed by atoms with van der Waals surface area (Å²) in [4.78, 5) is 11.1. The number of aromatic carboxylic acids is 1. The van der Waals surface area contributed by atoms with E-state index in [9.17, 15) is 18.3 Å². The molecule has 0 unspecified atom stereocenters. The van der Waals surface area contributed by atoms with Gasteiger partial charge in [-0.3, -0.25) is 0 Å². The molecule has 0 aliphatic rings. The predicted octanol–water partition coefficient (Wildman–Crippen LogP) is 3.37. The molecule has 8 heteroatoms. The lowest BCUT2D eigenvalue weighted by Crippen LogP contribution is -2.30. The van der Waals surface area contributed by atoms with Gasteiger partial charge in [-0.15, -0.1) is 8.42 Å². The maximum atomic E-state index is 11.9. The van der Waals surface area contributed by atoms with Crippen LogP contribution in [-0.4, -0.2) is 40.7 Å². The van der Waals surface area contributed by atoms with Crippen LogP contribution in [0.4, 0.5) is 5.69 Å². The van der Waals surface area contributed by atoms with Crippen LogP contribution >= 0.6 is 0 Å². The Hall–Kier alpha value is -2.71. The first-order valence-corrected chi connectivity index (χ1v) is 10.1. The molecule has 0 saturated carbocycles. The zero-order valence-corrected chi connectivity index (χ0v) is 18.0. The molecule has 7 nitrogen and oxygen atoms in total. The quantitative estimate of drug-likeness (QED) is 0.666. The Morgan fingerprint density at radius 3 is 2.21 bits per heavy atom. The molecule has 2 N–H and O–H groups in total. The van der Waals surface area contributed by atoms with E-state index in [4.69, 9.17) is 9.84 Å². The molecule has 156 valence electrons. The van der Waals surface area contributed by atoms with Gasteiger partial charge in [-0.25, -0.2) is 4.79 Å². The summed E-state index contributed by atoms with van der Waals surface area (Å²) >= 11 is 0. The van der Waals surface area contributed by atoms with Crippen molar-refractivity contribution < 1.29 is 32.1 Å². The van der Waals surface area contributed by atoms with Gasteiger partial charge in [-0.05, 0) is 75.1 Å². The van der Waals surface area contributed by atoms with E-state index in [2.05, 4.69) is 0 Å². The molecule has 2 aromatic carbocycles. The average Bonchev–Trinajstić information content (AvgIpc) is 2.60. The molecule has 0 spiro atoms. The maximum Gasteiger partial charge on any atom is 0.465 e. The van der Waals surface area contributed by atoms with Gasteiger partial charge in [0.15, 0.2) is 12.3 Å². The summed E-state index contributed by atoms with van der Waals surface area (Å²) < 4.78 is 30.7. The van der Waals surface area contributed by atoms with Crippen molar-refractivity contribution in [3.8, 4) is 5.75 Å². The van der Waals surface area contributed by atoms with Crippen molar-refractivity contribution in [2.24, 2.45) is 0 Å². The van der Waals surface area contributed by atoms with E-state index >= 15 is 0 Å². The van der Waals surface area contributed by atoms with Crippen LogP contribution < -0.4 is 4.74 Å². The molecule has 0 aliphatic heterocycles. The fourth-order valence-electron chi connectivity index (χ4n) is 2.80. The van der Waals surface area contributed by atoms with E-state index in [1.54, 1.807) is 31.2 Å². The van der Waals surface area contributed by atoms with Crippen LogP contribution in [0.1, 0.15) is 46.5 Å². The summed E-state index contributed by atoms with van der Waals surface area (Å²) in [5.41, 5.74) is 2.66. The summed E-state index contributed by atoms with van der Waals surface area (Å²) in [6.07, 6.45) is 0. The SMILES string of the molecule is Cc1cc(OCc2ccc(C(=O)O)cc2C)c([N+](CC(C)(C)O)=S(=O)=O)cc1C. The smallest absolute Gasteiger partial charge is 0.465 e. The Bertz CT molecular complexity index is 1070. The Morgan fingerprint density at radius 2 is 1.69 bits per heavy atom. The Balaban J connectivity index is 2.44. The standard InChI is InChI=1S/C21H25NO6S/c1-13-9-18(22(29(26)27)12-21(4,5)25)19(10-14(13)2)28-11-17-7-6-16(20(23)24)8-15(17)3/h6-10,25H,11-12H2,1-5H3/p+1. The summed E-state index contributed by atoms with van der Waals surface area (Å²) in [6, 6.07) is 8.22. The Morgan fingerprint density at radius 1 is 1.07 bits per heavy atom. The molecule has 0 amide bonds. The van der Waals surface area contributed by atoms with Crippen molar-refractivity contribution in [3.05, 3.63) is 58.1 Å². The molecule has 0 heterocycles. The second-order valence-electron chi connectivity index (χ2n) is 7.71. The molecule has 2 aromatic rings. The number of rotatable bonds is 7. The number of benzene rings is 2. The summed E-state index contributed by atoms with van der Waals surface area (Å²) in [5.74, 6) is -0.638. The molecule has 2 rings (SSSR count). The minimum atomic E-state index is -2.61. The van der Waals surface area contributed by atoms with E-state index in [0.717, 1.165) is 26.2 Å². The van der Waals surface area contributed by atoms with Gasteiger partial charge in [0.2, 0.25) is 0 Å². The molecule has 0 radical (unpaired) electrons. The van der Waals surface area contributed by atoms with Crippen LogP contribution in [0.2, 0.25) is 0 Å². The van der Waals surface area contributed by atoms with Crippen LogP contribution in [0.3, 0.4) is 0 Å². The predicted molar refractivity (Wildman–Crippen MR) is 108 cm³/mol. The number of hydrogen-bond acceptors (Lipinski definition) is 5. The fraction of sp³-hybridized carbons (Fsp3) is 0.381. The number of carbonyl (C=O) groups is 1. The first-order chi connectivity index (χ1) is 13.4. The highest BCUT2D eigenvalue weighted by Crippen LogP contribution is 2.32. The lowest BCUT2D eigenvalue weighted by Gasteiger charge is -2.16. The normalized spacial score (nSPS) is 11.2. The van der Waals surface area contributed by atoms with Crippen LogP contribution in [0.15, 0.2) is 30.3 Å². The third kappa shape index (κ3) is 5.88. The average molecular weight is 421 g/mol. The van der Waals surface area contributed by atoms with E-state index in [1.807, 2.05) is 13.8 Å². The molecule has 0 fully saturated rings. The van der Waals surface area contributed by atoms with Crippen molar-refractivity contribution in [2.75, 3.05) is 6.54 Å². The summed E-state index contributed by atoms with van der Waals surface area (Å²) in [7, 11) is -2.61. The number of aliphatic hydroxyl groups is 1. The molecule has 0 aliphatic carbocycles. The third-order valence-corrected chi connectivity index (χ3v) is 5.21. The van der Waals surface area contributed by atoms with Gasteiger partial charge in [-0.1, -0.05) is 10.0 Å².